The van der Waals surface area contributed by atoms with Crippen molar-refractivity contribution >= 4 is 28.8 Å². The van der Waals surface area contributed by atoms with Crippen LogP contribution in [0.1, 0.15) is 0 Å². The van der Waals surface area contributed by atoms with E-state index < -0.39 is 0 Å². The van der Waals surface area contributed by atoms with E-state index in [1.807, 2.05) is 41.1 Å². The van der Waals surface area contributed by atoms with Crippen LogP contribution in [0.15, 0.2) is 42.7 Å². The summed E-state index contributed by atoms with van der Waals surface area (Å²) in [5, 5.41) is 1.06. The van der Waals surface area contributed by atoms with E-state index in [0.717, 1.165) is 22.7 Å². The summed E-state index contributed by atoms with van der Waals surface area (Å²) in [7, 11) is 1.64. The summed E-state index contributed by atoms with van der Waals surface area (Å²) in [5.41, 5.74) is 2.62. The van der Waals surface area contributed by atoms with Crippen molar-refractivity contribution < 1.29 is 4.74 Å². The van der Waals surface area contributed by atoms with Crippen LogP contribution in [-0.4, -0.2) is 16.5 Å². The van der Waals surface area contributed by atoms with Crippen LogP contribution in [-0.2, 0) is 0 Å². The molecular formula is C14H10Cl2N2O. The number of ether oxygens (including phenoxy) is 1. The zero-order valence-electron chi connectivity index (χ0n) is 10.1. The molecule has 0 aliphatic rings. The molecule has 0 aliphatic heterocycles. The maximum atomic E-state index is 6.02. The van der Waals surface area contributed by atoms with E-state index in [0.29, 0.717) is 10.0 Å². The monoisotopic (exact) mass is 292 g/mol. The lowest BCUT2D eigenvalue weighted by molar-refractivity contribution is 0.412. The molecule has 0 atom stereocenters. The highest BCUT2D eigenvalue weighted by atomic mass is 35.5. The van der Waals surface area contributed by atoms with Gasteiger partial charge < -0.3 is 9.14 Å². The second kappa shape index (κ2) is 4.76. The average Bonchev–Trinajstić information content (AvgIpc) is 2.84. The van der Waals surface area contributed by atoms with E-state index in [2.05, 4.69) is 4.98 Å². The van der Waals surface area contributed by atoms with Crippen LogP contribution >= 0.6 is 23.2 Å². The molecule has 0 radical (unpaired) electrons. The maximum absolute atomic E-state index is 6.02. The van der Waals surface area contributed by atoms with E-state index >= 15 is 0 Å². The van der Waals surface area contributed by atoms with Crippen molar-refractivity contribution in [2.75, 3.05) is 7.11 Å². The molecule has 0 unspecified atom stereocenters. The van der Waals surface area contributed by atoms with Gasteiger partial charge in [0.2, 0.25) is 0 Å². The number of nitrogens with zero attached hydrogens (tertiary/aromatic N) is 2. The second-order valence-corrected chi connectivity index (χ2v) is 4.90. The Labute approximate surface area is 120 Å². The first-order valence-electron chi connectivity index (χ1n) is 5.65. The number of benzene rings is 1. The fourth-order valence-corrected chi connectivity index (χ4v) is 2.18. The first kappa shape index (κ1) is 12.3. The van der Waals surface area contributed by atoms with Crippen LogP contribution in [0.4, 0.5) is 0 Å². The number of rotatable bonds is 2. The lowest BCUT2D eigenvalue weighted by Gasteiger charge is -1.99. The van der Waals surface area contributed by atoms with Gasteiger partial charge in [-0.05, 0) is 24.3 Å². The van der Waals surface area contributed by atoms with Crippen molar-refractivity contribution in [3.8, 4) is 17.0 Å². The highest BCUT2D eigenvalue weighted by molar-refractivity contribution is 6.42. The molecule has 2 heterocycles. The lowest BCUT2D eigenvalue weighted by Crippen LogP contribution is -1.86. The first-order valence-corrected chi connectivity index (χ1v) is 6.41. The van der Waals surface area contributed by atoms with Gasteiger partial charge in [0.05, 0.1) is 29.0 Å². The highest BCUT2D eigenvalue weighted by Crippen LogP contribution is 2.28. The van der Waals surface area contributed by atoms with Gasteiger partial charge in [-0.2, -0.15) is 0 Å². The Kier molecular flexibility index (Phi) is 3.09. The molecule has 3 nitrogen and oxygen atoms in total. The number of fused-ring (bicyclic) bond motifs is 1. The molecule has 1 aromatic carbocycles. The summed E-state index contributed by atoms with van der Waals surface area (Å²) >= 11 is 11.9. The number of imidazole rings is 1. The summed E-state index contributed by atoms with van der Waals surface area (Å²) < 4.78 is 7.10. The van der Waals surface area contributed by atoms with Gasteiger partial charge in [-0.15, -0.1) is 0 Å². The number of pyridine rings is 1. The Bertz CT molecular complexity index is 752. The van der Waals surface area contributed by atoms with E-state index in [1.165, 1.54) is 0 Å². The van der Waals surface area contributed by atoms with Gasteiger partial charge in [0.25, 0.3) is 0 Å². The van der Waals surface area contributed by atoms with Crippen molar-refractivity contribution in [1.82, 2.24) is 9.38 Å². The third kappa shape index (κ3) is 2.27. The Morgan fingerprint density at radius 2 is 1.89 bits per heavy atom. The topological polar surface area (TPSA) is 26.5 Å². The van der Waals surface area contributed by atoms with Crippen LogP contribution in [0, 0.1) is 0 Å². The number of hydrogen-bond acceptors (Lipinski definition) is 2. The molecule has 0 saturated heterocycles. The third-order valence-corrected chi connectivity index (χ3v) is 3.61. The van der Waals surface area contributed by atoms with Crippen molar-refractivity contribution in [3.63, 3.8) is 0 Å². The van der Waals surface area contributed by atoms with Gasteiger partial charge in [-0.1, -0.05) is 29.3 Å². The average molecular weight is 293 g/mol. The first-order chi connectivity index (χ1) is 9.17. The fraction of sp³-hybridized carbons (Fsp3) is 0.0714. The van der Waals surface area contributed by atoms with E-state index in [-0.39, 0.29) is 0 Å². The maximum Gasteiger partial charge on any atom is 0.137 e. The zero-order valence-corrected chi connectivity index (χ0v) is 11.6. The smallest absolute Gasteiger partial charge is 0.137 e. The molecule has 3 rings (SSSR count). The summed E-state index contributed by atoms with van der Waals surface area (Å²) in [6.07, 6.45) is 3.81. The van der Waals surface area contributed by atoms with E-state index in [9.17, 15) is 0 Å². The third-order valence-electron chi connectivity index (χ3n) is 2.87. The molecule has 3 aromatic rings. The summed E-state index contributed by atoms with van der Waals surface area (Å²) in [6, 6.07) is 9.25. The van der Waals surface area contributed by atoms with E-state index in [1.54, 1.807) is 13.2 Å². The minimum atomic E-state index is 0.522. The number of methoxy groups -OCH3 is 1. The molecule has 0 saturated carbocycles. The molecule has 0 bridgehead atoms. The normalized spacial score (nSPS) is 10.9. The predicted molar refractivity (Wildman–Crippen MR) is 77.2 cm³/mol. The lowest BCUT2D eigenvalue weighted by atomic mass is 10.2. The van der Waals surface area contributed by atoms with Crippen LogP contribution in [0.2, 0.25) is 10.0 Å². The number of aromatic nitrogens is 2. The minimum Gasteiger partial charge on any atom is -0.495 e. The summed E-state index contributed by atoms with van der Waals surface area (Å²) in [5.74, 6) is 0.783. The molecule has 19 heavy (non-hydrogen) atoms. The van der Waals surface area contributed by atoms with Gasteiger partial charge >= 0.3 is 0 Å². The van der Waals surface area contributed by atoms with Gasteiger partial charge in [0, 0.05) is 11.8 Å². The standard InChI is InChI=1S/C14H10Cl2N2O/c1-19-10-3-5-14-17-13(8-18(14)7-10)9-2-4-11(15)12(16)6-9/h2-8H,1H3. The van der Waals surface area contributed by atoms with Crippen molar-refractivity contribution in [2.45, 2.75) is 0 Å². The quantitative estimate of drug-likeness (QED) is 0.703. The Hall–Kier alpha value is -1.71. The second-order valence-electron chi connectivity index (χ2n) is 4.09. The molecule has 5 heteroatoms. The van der Waals surface area contributed by atoms with Gasteiger partial charge in [0.1, 0.15) is 11.4 Å². The van der Waals surface area contributed by atoms with Crippen molar-refractivity contribution in [3.05, 3.63) is 52.8 Å². The van der Waals surface area contributed by atoms with E-state index in [4.69, 9.17) is 27.9 Å². The van der Waals surface area contributed by atoms with Crippen LogP contribution < -0.4 is 4.74 Å². The largest absolute Gasteiger partial charge is 0.495 e. The SMILES string of the molecule is COc1ccc2nc(-c3ccc(Cl)c(Cl)c3)cn2c1. The van der Waals surface area contributed by atoms with Gasteiger partial charge in [0.15, 0.2) is 0 Å². The fourth-order valence-electron chi connectivity index (χ4n) is 1.89. The van der Waals surface area contributed by atoms with Crippen molar-refractivity contribution in [1.29, 1.82) is 0 Å². The molecule has 0 amide bonds. The zero-order chi connectivity index (χ0) is 13.4. The Balaban J connectivity index is 2.11. The minimum absolute atomic E-state index is 0.522. The Morgan fingerprint density at radius 1 is 1.05 bits per heavy atom. The predicted octanol–water partition coefficient (Wildman–Crippen LogP) is 4.32. The molecule has 0 N–H and O–H groups in total. The number of halogens is 2. The molecule has 0 aliphatic carbocycles. The van der Waals surface area contributed by atoms with Crippen LogP contribution in [0.3, 0.4) is 0 Å². The molecule has 2 aromatic heterocycles. The van der Waals surface area contributed by atoms with Gasteiger partial charge in [-0.25, -0.2) is 4.98 Å². The molecule has 0 spiro atoms. The number of hydrogen-bond donors (Lipinski definition) is 0. The van der Waals surface area contributed by atoms with Gasteiger partial charge in [-0.3, -0.25) is 0 Å². The highest BCUT2D eigenvalue weighted by Gasteiger charge is 2.07. The molecule has 0 fully saturated rings. The van der Waals surface area contributed by atoms with Crippen LogP contribution in [0.5, 0.6) is 5.75 Å². The van der Waals surface area contributed by atoms with Crippen LogP contribution in [0.25, 0.3) is 16.9 Å². The molecule has 96 valence electrons. The summed E-state index contributed by atoms with van der Waals surface area (Å²) in [6.45, 7) is 0. The Morgan fingerprint density at radius 3 is 2.63 bits per heavy atom. The molecular weight excluding hydrogens is 283 g/mol. The van der Waals surface area contributed by atoms with Crippen molar-refractivity contribution in [2.24, 2.45) is 0 Å². The summed E-state index contributed by atoms with van der Waals surface area (Å²) in [4.78, 5) is 4.53.